The van der Waals surface area contributed by atoms with Crippen molar-refractivity contribution in [2.24, 2.45) is 5.92 Å². The summed E-state index contributed by atoms with van der Waals surface area (Å²) in [5, 5.41) is 21.5. The summed E-state index contributed by atoms with van der Waals surface area (Å²) in [6.07, 6.45) is 2.70. The molecule has 0 amide bonds. The van der Waals surface area contributed by atoms with Crippen molar-refractivity contribution in [3.05, 3.63) is 40.7 Å². The molecule has 1 atom stereocenters. The maximum atomic E-state index is 11.0. The summed E-state index contributed by atoms with van der Waals surface area (Å²) in [4.78, 5) is 11.0. The Balaban J connectivity index is 1.82. The third-order valence-electron chi connectivity index (χ3n) is 3.70. The first kappa shape index (κ1) is 14.0. The number of carboxylic acids is 1. The van der Waals surface area contributed by atoms with E-state index in [1.807, 2.05) is 24.3 Å². The molecule has 1 aromatic carbocycles. The first-order valence-electron chi connectivity index (χ1n) is 6.86. The lowest BCUT2D eigenvalue weighted by atomic mass is 10.1. The number of carboxylic acid groups (broad SMARTS) is 1. The highest BCUT2D eigenvalue weighted by Gasteiger charge is 2.36. The van der Waals surface area contributed by atoms with Crippen molar-refractivity contribution in [2.45, 2.75) is 31.7 Å². The van der Waals surface area contributed by atoms with Crippen LogP contribution in [0.1, 0.15) is 36.7 Å². The molecule has 1 saturated carbocycles. The van der Waals surface area contributed by atoms with Crippen LogP contribution in [0.4, 0.5) is 0 Å². The molecule has 0 aliphatic heterocycles. The lowest BCUT2D eigenvalue weighted by Crippen LogP contribution is -2.19. The summed E-state index contributed by atoms with van der Waals surface area (Å²) >= 11 is 5.87. The lowest BCUT2D eigenvalue weighted by Gasteiger charge is -2.15. The Kier molecular flexibility index (Phi) is 3.88. The zero-order chi connectivity index (χ0) is 14.8. The van der Waals surface area contributed by atoms with Gasteiger partial charge in [-0.3, -0.25) is 4.79 Å². The molecule has 1 aliphatic carbocycles. The van der Waals surface area contributed by atoms with Crippen LogP contribution in [-0.4, -0.2) is 31.3 Å². The molecule has 0 bridgehead atoms. The minimum Gasteiger partial charge on any atom is -0.481 e. The molecule has 2 aromatic rings. The molecular weight excluding hydrogens is 292 g/mol. The lowest BCUT2D eigenvalue weighted by molar-refractivity contribution is -0.138. The van der Waals surface area contributed by atoms with Gasteiger partial charge in [-0.05, 0) is 46.9 Å². The first-order chi connectivity index (χ1) is 10.1. The van der Waals surface area contributed by atoms with Crippen LogP contribution in [0.5, 0.6) is 0 Å². The smallest absolute Gasteiger partial charge is 0.305 e. The van der Waals surface area contributed by atoms with E-state index in [9.17, 15) is 4.79 Å². The Bertz CT molecular complexity index is 637. The van der Waals surface area contributed by atoms with Crippen LogP contribution >= 0.6 is 11.6 Å². The van der Waals surface area contributed by atoms with Crippen LogP contribution < -0.4 is 0 Å². The molecule has 6 nitrogen and oxygen atoms in total. The zero-order valence-electron chi connectivity index (χ0n) is 11.3. The average molecular weight is 307 g/mol. The first-order valence-corrected chi connectivity index (χ1v) is 7.24. The van der Waals surface area contributed by atoms with Crippen LogP contribution in [0.2, 0.25) is 5.02 Å². The van der Waals surface area contributed by atoms with Crippen molar-refractivity contribution in [2.75, 3.05) is 0 Å². The van der Waals surface area contributed by atoms with E-state index >= 15 is 0 Å². The van der Waals surface area contributed by atoms with Crippen LogP contribution in [0, 0.1) is 5.92 Å². The number of aromatic nitrogens is 4. The number of hydrogen-bond donors (Lipinski definition) is 1. The predicted molar refractivity (Wildman–Crippen MR) is 76.1 cm³/mol. The van der Waals surface area contributed by atoms with Gasteiger partial charge in [-0.25, -0.2) is 4.68 Å². The van der Waals surface area contributed by atoms with Gasteiger partial charge in [0, 0.05) is 11.4 Å². The molecule has 7 heteroatoms. The van der Waals surface area contributed by atoms with Gasteiger partial charge in [0.05, 0.1) is 12.5 Å². The third-order valence-corrected chi connectivity index (χ3v) is 3.95. The highest BCUT2D eigenvalue weighted by Crippen LogP contribution is 2.41. The van der Waals surface area contributed by atoms with Crippen molar-refractivity contribution in [1.82, 2.24) is 20.2 Å². The molecule has 1 aromatic heterocycles. The second-order valence-corrected chi connectivity index (χ2v) is 5.78. The molecular formula is C14H15ClN4O2. The Morgan fingerprint density at radius 3 is 2.71 bits per heavy atom. The normalized spacial score (nSPS) is 15.9. The zero-order valence-corrected chi connectivity index (χ0v) is 12.1. The largest absolute Gasteiger partial charge is 0.481 e. The van der Waals surface area contributed by atoms with E-state index in [0.717, 1.165) is 18.4 Å². The van der Waals surface area contributed by atoms with Crippen molar-refractivity contribution in [3.8, 4) is 0 Å². The highest BCUT2D eigenvalue weighted by molar-refractivity contribution is 6.30. The van der Waals surface area contributed by atoms with E-state index < -0.39 is 5.97 Å². The summed E-state index contributed by atoms with van der Waals surface area (Å²) in [6, 6.07) is 7.33. The topological polar surface area (TPSA) is 80.9 Å². The Morgan fingerprint density at radius 1 is 1.38 bits per heavy atom. The van der Waals surface area contributed by atoms with Crippen LogP contribution in [0.3, 0.4) is 0 Å². The minimum absolute atomic E-state index is 0.0589. The third kappa shape index (κ3) is 3.39. The maximum absolute atomic E-state index is 11.0. The van der Waals surface area contributed by atoms with E-state index in [0.29, 0.717) is 23.2 Å². The van der Waals surface area contributed by atoms with Crippen LogP contribution in [-0.2, 0) is 11.2 Å². The van der Waals surface area contributed by atoms with Gasteiger partial charge in [0.1, 0.15) is 0 Å². The van der Waals surface area contributed by atoms with Crippen LogP contribution in [0.25, 0.3) is 0 Å². The molecule has 1 N–H and O–H groups in total. The molecule has 3 rings (SSSR count). The van der Waals surface area contributed by atoms with Crippen molar-refractivity contribution in [1.29, 1.82) is 0 Å². The number of rotatable bonds is 6. The Labute approximate surface area is 126 Å². The van der Waals surface area contributed by atoms with E-state index in [-0.39, 0.29) is 12.5 Å². The van der Waals surface area contributed by atoms with Gasteiger partial charge in [-0.2, -0.15) is 0 Å². The molecule has 0 saturated heterocycles. The number of benzene rings is 1. The summed E-state index contributed by atoms with van der Waals surface area (Å²) < 4.78 is 1.68. The average Bonchev–Trinajstić information content (AvgIpc) is 3.19. The molecule has 1 aliphatic rings. The Morgan fingerprint density at radius 2 is 2.10 bits per heavy atom. The molecule has 21 heavy (non-hydrogen) atoms. The van der Waals surface area contributed by atoms with E-state index in [2.05, 4.69) is 15.5 Å². The second kappa shape index (κ2) is 5.81. The maximum Gasteiger partial charge on any atom is 0.305 e. The summed E-state index contributed by atoms with van der Waals surface area (Å²) in [6.45, 7) is 0. The molecule has 0 spiro atoms. The molecule has 0 radical (unpaired) electrons. The predicted octanol–water partition coefficient (Wildman–Crippen LogP) is 2.34. The number of halogens is 1. The van der Waals surface area contributed by atoms with Gasteiger partial charge in [-0.15, -0.1) is 5.10 Å². The molecule has 1 heterocycles. The number of nitrogens with zero attached hydrogens (tertiary/aromatic N) is 4. The summed E-state index contributed by atoms with van der Waals surface area (Å²) in [5.41, 5.74) is 1.04. The van der Waals surface area contributed by atoms with Gasteiger partial charge in [0.15, 0.2) is 5.82 Å². The fourth-order valence-electron chi connectivity index (χ4n) is 2.48. The van der Waals surface area contributed by atoms with Gasteiger partial charge in [0.25, 0.3) is 0 Å². The number of aliphatic carboxylic acids is 1. The quantitative estimate of drug-likeness (QED) is 0.886. The Hall–Kier alpha value is -1.95. The van der Waals surface area contributed by atoms with Crippen molar-refractivity contribution in [3.63, 3.8) is 0 Å². The molecule has 1 unspecified atom stereocenters. The number of carbonyl (C=O) groups is 1. The van der Waals surface area contributed by atoms with Crippen molar-refractivity contribution < 1.29 is 9.90 Å². The summed E-state index contributed by atoms with van der Waals surface area (Å²) in [7, 11) is 0. The van der Waals surface area contributed by atoms with Gasteiger partial charge < -0.3 is 5.11 Å². The van der Waals surface area contributed by atoms with E-state index in [1.165, 1.54) is 0 Å². The second-order valence-electron chi connectivity index (χ2n) is 5.35. The van der Waals surface area contributed by atoms with Crippen molar-refractivity contribution >= 4 is 17.6 Å². The van der Waals surface area contributed by atoms with Crippen LogP contribution in [0.15, 0.2) is 24.3 Å². The van der Waals surface area contributed by atoms with Gasteiger partial charge in [0.2, 0.25) is 0 Å². The van der Waals surface area contributed by atoms with E-state index in [4.69, 9.17) is 16.7 Å². The standard InChI is InChI=1S/C14H15ClN4O2/c15-11-5-1-9(2-6-11)7-13-16-17-18-19(13)12(8-14(20)21)10-3-4-10/h1-2,5-6,10,12H,3-4,7-8H2,(H,20,21). The fourth-order valence-corrected chi connectivity index (χ4v) is 2.61. The minimum atomic E-state index is -0.820. The number of hydrogen-bond acceptors (Lipinski definition) is 4. The fraction of sp³-hybridized carbons (Fsp3) is 0.429. The SMILES string of the molecule is O=C(O)CC(C1CC1)n1nnnc1Cc1ccc(Cl)cc1. The number of tetrazole rings is 1. The van der Waals surface area contributed by atoms with Gasteiger partial charge >= 0.3 is 5.97 Å². The van der Waals surface area contributed by atoms with Gasteiger partial charge in [-0.1, -0.05) is 23.7 Å². The monoisotopic (exact) mass is 306 g/mol. The highest BCUT2D eigenvalue weighted by atomic mass is 35.5. The molecule has 110 valence electrons. The summed E-state index contributed by atoms with van der Waals surface area (Å²) in [5.74, 6) is 0.240. The van der Waals surface area contributed by atoms with E-state index in [1.54, 1.807) is 4.68 Å². The molecule has 1 fully saturated rings.